The van der Waals surface area contributed by atoms with Gasteiger partial charge in [0, 0.05) is 19.4 Å². The number of hydrogen-bond acceptors (Lipinski definition) is 4. The predicted molar refractivity (Wildman–Crippen MR) is 83.1 cm³/mol. The maximum Gasteiger partial charge on any atom is 0.412 e. The van der Waals surface area contributed by atoms with Crippen LogP contribution >= 0.6 is 11.6 Å². The number of benzene rings is 1. The van der Waals surface area contributed by atoms with Gasteiger partial charge in [-0.3, -0.25) is 14.5 Å². The van der Waals surface area contributed by atoms with Crippen LogP contribution in [0.15, 0.2) is 24.3 Å². The van der Waals surface area contributed by atoms with E-state index in [1.54, 1.807) is 24.3 Å². The van der Waals surface area contributed by atoms with Gasteiger partial charge >= 0.3 is 6.09 Å². The van der Waals surface area contributed by atoms with Crippen LogP contribution in [0.2, 0.25) is 5.02 Å². The Balaban J connectivity index is 1.53. The highest BCUT2D eigenvalue weighted by molar-refractivity contribution is 6.32. The molecule has 0 atom stereocenters. The molecule has 3 amide bonds. The van der Waals surface area contributed by atoms with Gasteiger partial charge in [0.05, 0.1) is 10.6 Å². The van der Waals surface area contributed by atoms with E-state index in [-0.39, 0.29) is 11.8 Å². The van der Waals surface area contributed by atoms with E-state index in [9.17, 15) is 14.4 Å². The lowest BCUT2D eigenvalue weighted by molar-refractivity contribution is -0.142. The van der Waals surface area contributed by atoms with E-state index in [0.717, 1.165) is 0 Å². The number of imide groups is 1. The summed E-state index contributed by atoms with van der Waals surface area (Å²) >= 11 is 5.92. The van der Waals surface area contributed by atoms with E-state index in [1.807, 2.05) is 0 Å². The summed E-state index contributed by atoms with van der Waals surface area (Å²) in [5.41, 5.74) is -0.425. The maximum atomic E-state index is 11.8. The number of carbonyl (C=O) groups is 3. The summed E-state index contributed by atoms with van der Waals surface area (Å²) in [6.45, 7) is 0.334. The average Bonchev–Trinajstić information content (AvgIpc) is 3.01. The first-order valence-corrected chi connectivity index (χ1v) is 7.96. The number of halogens is 1. The Morgan fingerprint density at radius 1 is 1.22 bits per heavy atom. The highest BCUT2D eigenvalue weighted by Gasteiger charge is 2.52. The van der Waals surface area contributed by atoms with Gasteiger partial charge in [0.25, 0.3) is 0 Å². The van der Waals surface area contributed by atoms with Crippen molar-refractivity contribution < 1.29 is 19.1 Å². The van der Waals surface area contributed by atoms with Crippen molar-refractivity contribution in [2.45, 2.75) is 37.6 Å². The molecule has 122 valence electrons. The van der Waals surface area contributed by atoms with E-state index in [4.69, 9.17) is 16.3 Å². The van der Waals surface area contributed by atoms with Crippen molar-refractivity contribution in [1.29, 1.82) is 0 Å². The zero-order valence-electron chi connectivity index (χ0n) is 12.5. The molecule has 0 saturated carbocycles. The number of rotatable bonds is 4. The fraction of sp³-hybridized carbons (Fsp3) is 0.438. The molecule has 1 aromatic rings. The molecule has 0 aromatic heterocycles. The second-order valence-corrected chi connectivity index (χ2v) is 6.25. The third kappa shape index (κ3) is 3.03. The molecule has 7 heteroatoms. The van der Waals surface area contributed by atoms with Gasteiger partial charge in [-0.25, -0.2) is 4.79 Å². The number of ether oxygens (including phenoxy) is 1. The largest absolute Gasteiger partial charge is 0.412 e. The quantitative estimate of drug-likeness (QED) is 0.857. The van der Waals surface area contributed by atoms with Crippen LogP contribution < -0.4 is 10.1 Å². The van der Waals surface area contributed by atoms with Gasteiger partial charge in [-0.1, -0.05) is 23.7 Å². The van der Waals surface area contributed by atoms with Crippen molar-refractivity contribution >= 4 is 29.5 Å². The molecule has 23 heavy (non-hydrogen) atoms. The summed E-state index contributed by atoms with van der Waals surface area (Å²) < 4.78 is 5.13. The zero-order valence-corrected chi connectivity index (χ0v) is 13.3. The number of hydrogen-bond donors (Lipinski definition) is 1. The molecule has 2 aliphatic rings. The van der Waals surface area contributed by atoms with Gasteiger partial charge in [-0.15, -0.1) is 0 Å². The van der Waals surface area contributed by atoms with Gasteiger partial charge in [0.15, 0.2) is 5.75 Å². The van der Waals surface area contributed by atoms with E-state index >= 15 is 0 Å². The second kappa shape index (κ2) is 6.20. The summed E-state index contributed by atoms with van der Waals surface area (Å²) in [5.74, 6) is 0.0795. The number of amides is 3. The fourth-order valence-corrected chi connectivity index (χ4v) is 3.52. The molecule has 0 spiro atoms. The normalized spacial score (nSPS) is 18.9. The first kappa shape index (κ1) is 15.8. The first-order valence-electron chi connectivity index (χ1n) is 7.58. The lowest BCUT2D eigenvalue weighted by Crippen LogP contribution is -2.45. The van der Waals surface area contributed by atoms with Crippen molar-refractivity contribution in [3.63, 3.8) is 0 Å². The molecule has 0 radical (unpaired) electrons. The number of fused-ring (bicyclic) bond motifs is 1. The number of para-hydroxylation sites is 1. The minimum Gasteiger partial charge on any atom is -0.409 e. The van der Waals surface area contributed by atoms with Crippen molar-refractivity contribution in [1.82, 2.24) is 10.2 Å². The molecule has 3 rings (SSSR count). The van der Waals surface area contributed by atoms with Crippen LogP contribution in [0, 0.1) is 0 Å². The van der Waals surface area contributed by atoms with E-state index in [2.05, 4.69) is 5.32 Å². The Morgan fingerprint density at radius 2 is 1.87 bits per heavy atom. The van der Waals surface area contributed by atoms with Crippen LogP contribution in [0.25, 0.3) is 0 Å². The Morgan fingerprint density at radius 3 is 2.52 bits per heavy atom. The summed E-state index contributed by atoms with van der Waals surface area (Å²) in [4.78, 5) is 36.9. The SMILES string of the molecule is O=C(NCCC12CCC(=O)N1C(=O)CC2)Oc1ccccc1Cl. The van der Waals surface area contributed by atoms with Crippen LogP contribution in [-0.2, 0) is 9.59 Å². The van der Waals surface area contributed by atoms with Crippen molar-refractivity contribution in [2.24, 2.45) is 0 Å². The molecular formula is C16H17ClN2O4. The van der Waals surface area contributed by atoms with Crippen LogP contribution in [0.1, 0.15) is 32.1 Å². The molecule has 2 saturated heterocycles. The second-order valence-electron chi connectivity index (χ2n) is 5.84. The van der Waals surface area contributed by atoms with Crippen molar-refractivity contribution in [2.75, 3.05) is 6.54 Å². The fourth-order valence-electron chi connectivity index (χ4n) is 3.34. The van der Waals surface area contributed by atoms with Crippen LogP contribution in [0.5, 0.6) is 5.75 Å². The molecule has 2 fully saturated rings. The Kier molecular flexibility index (Phi) is 4.26. The third-order valence-corrected chi connectivity index (χ3v) is 4.79. The van der Waals surface area contributed by atoms with Crippen molar-refractivity contribution in [3.8, 4) is 5.75 Å². The summed E-state index contributed by atoms with van der Waals surface area (Å²) in [5, 5.41) is 3.01. The summed E-state index contributed by atoms with van der Waals surface area (Å²) in [7, 11) is 0. The molecule has 0 bridgehead atoms. The lowest BCUT2D eigenvalue weighted by atomic mass is 9.90. The smallest absolute Gasteiger partial charge is 0.409 e. The highest BCUT2D eigenvalue weighted by Crippen LogP contribution is 2.42. The standard InChI is InChI=1S/C16H17ClN2O4/c17-11-3-1-2-4-12(11)23-15(22)18-10-9-16-7-5-13(20)19(16)14(21)6-8-16/h1-4H,5-10H2,(H,18,22). The summed E-state index contributed by atoms with van der Waals surface area (Å²) in [6.07, 6.45) is 2.07. The first-order chi connectivity index (χ1) is 11.0. The minimum atomic E-state index is -0.602. The van der Waals surface area contributed by atoms with Gasteiger partial charge in [0.2, 0.25) is 11.8 Å². The van der Waals surface area contributed by atoms with E-state index in [1.165, 1.54) is 4.90 Å². The Hall–Kier alpha value is -2.08. The molecule has 1 aromatic carbocycles. The topological polar surface area (TPSA) is 75.7 Å². The Labute approximate surface area is 138 Å². The monoisotopic (exact) mass is 336 g/mol. The molecular weight excluding hydrogens is 320 g/mol. The molecule has 2 aliphatic heterocycles. The van der Waals surface area contributed by atoms with Crippen LogP contribution in [0.3, 0.4) is 0 Å². The van der Waals surface area contributed by atoms with Gasteiger partial charge in [0.1, 0.15) is 0 Å². The van der Waals surface area contributed by atoms with Gasteiger partial charge in [-0.2, -0.15) is 0 Å². The molecule has 2 heterocycles. The summed E-state index contributed by atoms with van der Waals surface area (Å²) in [6, 6.07) is 6.71. The van der Waals surface area contributed by atoms with Gasteiger partial charge < -0.3 is 10.1 Å². The maximum absolute atomic E-state index is 11.8. The molecule has 1 N–H and O–H groups in total. The van der Waals surface area contributed by atoms with Crippen molar-refractivity contribution in [3.05, 3.63) is 29.3 Å². The third-order valence-electron chi connectivity index (χ3n) is 4.48. The number of nitrogens with zero attached hydrogens (tertiary/aromatic N) is 1. The number of nitrogens with one attached hydrogen (secondary N) is 1. The average molecular weight is 337 g/mol. The van der Waals surface area contributed by atoms with E-state index < -0.39 is 11.6 Å². The molecule has 0 aliphatic carbocycles. The molecule has 0 unspecified atom stereocenters. The lowest BCUT2D eigenvalue weighted by Gasteiger charge is -2.30. The highest BCUT2D eigenvalue weighted by atomic mass is 35.5. The Bertz CT molecular complexity index is 641. The van der Waals surface area contributed by atoms with Crippen LogP contribution in [0.4, 0.5) is 4.79 Å². The number of carbonyl (C=O) groups excluding carboxylic acids is 3. The zero-order chi connectivity index (χ0) is 16.4. The van der Waals surface area contributed by atoms with Crippen LogP contribution in [-0.4, -0.2) is 34.9 Å². The predicted octanol–water partition coefficient (Wildman–Crippen LogP) is 2.50. The van der Waals surface area contributed by atoms with E-state index in [0.29, 0.717) is 49.4 Å². The molecule has 6 nitrogen and oxygen atoms in total. The minimum absolute atomic E-state index is 0.105. The van der Waals surface area contributed by atoms with Gasteiger partial charge in [-0.05, 0) is 31.4 Å².